The van der Waals surface area contributed by atoms with E-state index in [1.807, 2.05) is 24.3 Å². The Morgan fingerprint density at radius 2 is 1.88 bits per heavy atom. The predicted molar refractivity (Wildman–Crippen MR) is 64.9 cm³/mol. The molecule has 1 N–H and O–H groups in total. The van der Waals surface area contributed by atoms with Gasteiger partial charge in [-0.25, -0.2) is 4.98 Å². The van der Waals surface area contributed by atoms with Crippen molar-refractivity contribution in [3.05, 3.63) is 51.9 Å². The summed E-state index contributed by atoms with van der Waals surface area (Å²) in [6.45, 7) is 0. The van der Waals surface area contributed by atoms with Gasteiger partial charge in [0.2, 0.25) is 0 Å². The minimum absolute atomic E-state index is 0.127. The summed E-state index contributed by atoms with van der Waals surface area (Å²) in [6, 6.07) is 9.21. The van der Waals surface area contributed by atoms with E-state index < -0.39 is 0 Å². The number of fused-ring (bicyclic) bond motifs is 3. The van der Waals surface area contributed by atoms with Crippen LogP contribution in [0.15, 0.2) is 41.3 Å². The Labute approximate surface area is 95.7 Å². The van der Waals surface area contributed by atoms with Crippen LogP contribution in [0.25, 0.3) is 21.8 Å². The molecule has 0 radical (unpaired) electrons. The van der Waals surface area contributed by atoms with Crippen molar-refractivity contribution < 1.29 is 0 Å². The molecule has 78 valence electrons. The lowest BCUT2D eigenvalue weighted by molar-refractivity contribution is 1.25. The van der Waals surface area contributed by atoms with Crippen LogP contribution in [0.1, 0.15) is 0 Å². The van der Waals surface area contributed by atoms with Gasteiger partial charge in [0, 0.05) is 17.0 Å². The number of nitrogens with one attached hydrogen (secondary N) is 1. The third kappa shape index (κ3) is 1.29. The second-order valence-electron chi connectivity index (χ2n) is 3.55. The summed E-state index contributed by atoms with van der Waals surface area (Å²) in [7, 11) is 0. The molecule has 0 amide bonds. The lowest BCUT2D eigenvalue weighted by Gasteiger charge is -2.02. The Balaban J connectivity index is 2.66. The Hall–Kier alpha value is -1.87. The smallest absolute Gasteiger partial charge is 0.257 e. The summed E-state index contributed by atoms with van der Waals surface area (Å²) in [5.41, 5.74) is 0.436. The molecule has 0 unspecified atom stereocenters. The topological polar surface area (TPSA) is 45.8 Å². The lowest BCUT2D eigenvalue weighted by Crippen LogP contribution is -2.06. The maximum atomic E-state index is 11.7. The molecule has 4 heteroatoms. The molecular formula is C12H7ClN2O. The maximum absolute atomic E-state index is 11.7. The third-order valence-corrected chi connectivity index (χ3v) is 2.75. The largest absolute Gasteiger partial charge is 0.306 e. The van der Waals surface area contributed by atoms with E-state index in [4.69, 9.17) is 11.6 Å². The lowest BCUT2D eigenvalue weighted by atomic mass is 10.1. The van der Waals surface area contributed by atoms with Crippen molar-refractivity contribution in [2.75, 3.05) is 0 Å². The molecule has 0 bridgehead atoms. The molecule has 0 aliphatic heterocycles. The number of rotatable bonds is 0. The van der Waals surface area contributed by atoms with Gasteiger partial charge < -0.3 is 4.98 Å². The van der Waals surface area contributed by atoms with E-state index in [0.29, 0.717) is 16.1 Å². The summed E-state index contributed by atoms with van der Waals surface area (Å²) in [5, 5.41) is 2.95. The van der Waals surface area contributed by atoms with Crippen molar-refractivity contribution >= 4 is 33.4 Å². The zero-order valence-corrected chi connectivity index (χ0v) is 8.95. The van der Waals surface area contributed by atoms with E-state index in [1.165, 1.54) is 6.20 Å². The molecule has 3 aromatic rings. The highest BCUT2D eigenvalue weighted by Crippen LogP contribution is 2.22. The first-order valence-electron chi connectivity index (χ1n) is 4.82. The number of halogens is 1. The van der Waals surface area contributed by atoms with Gasteiger partial charge in [-0.1, -0.05) is 29.8 Å². The highest BCUT2D eigenvalue weighted by molar-refractivity contribution is 6.31. The Morgan fingerprint density at radius 3 is 2.69 bits per heavy atom. The third-order valence-electron chi connectivity index (χ3n) is 2.55. The molecule has 2 heterocycles. The molecule has 2 aromatic heterocycles. The van der Waals surface area contributed by atoms with Gasteiger partial charge in [0.15, 0.2) is 0 Å². The van der Waals surface area contributed by atoms with E-state index in [1.54, 1.807) is 6.07 Å². The Bertz CT molecular complexity index is 749. The number of aromatic amines is 1. The zero-order chi connectivity index (χ0) is 11.1. The van der Waals surface area contributed by atoms with Crippen molar-refractivity contribution in [2.24, 2.45) is 0 Å². The summed E-state index contributed by atoms with van der Waals surface area (Å²) < 4.78 is 0. The number of H-pyrrole nitrogens is 1. The molecule has 3 nitrogen and oxygen atoms in total. The molecule has 0 spiro atoms. The van der Waals surface area contributed by atoms with Crippen LogP contribution in [-0.2, 0) is 0 Å². The summed E-state index contributed by atoms with van der Waals surface area (Å²) in [4.78, 5) is 18.6. The van der Waals surface area contributed by atoms with Crippen LogP contribution >= 0.6 is 11.6 Å². The van der Waals surface area contributed by atoms with Gasteiger partial charge in [0.1, 0.15) is 5.65 Å². The van der Waals surface area contributed by atoms with Crippen molar-refractivity contribution in [1.29, 1.82) is 0 Å². The van der Waals surface area contributed by atoms with Crippen LogP contribution in [0.3, 0.4) is 0 Å². The predicted octanol–water partition coefficient (Wildman–Crippen LogP) is 2.73. The highest BCUT2D eigenvalue weighted by Gasteiger charge is 2.05. The first-order valence-corrected chi connectivity index (χ1v) is 5.20. The molecule has 3 rings (SSSR count). The fourth-order valence-electron chi connectivity index (χ4n) is 1.84. The molecule has 0 aliphatic carbocycles. The number of hydrogen-bond acceptors (Lipinski definition) is 2. The number of pyridine rings is 2. The van der Waals surface area contributed by atoms with E-state index >= 15 is 0 Å². The van der Waals surface area contributed by atoms with Gasteiger partial charge in [-0.05, 0) is 17.5 Å². The maximum Gasteiger partial charge on any atom is 0.257 e. The van der Waals surface area contributed by atoms with E-state index in [2.05, 4.69) is 9.97 Å². The average Bonchev–Trinajstić information content (AvgIpc) is 2.31. The van der Waals surface area contributed by atoms with Crippen LogP contribution in [0.5, 0.6) is 0 Å². The first kappa shape index (κ1) is 9.36. The van der Waals surface area contributed by atoms with Gasteiger partial charge in [-0.15, -0.1) is 0 Å². The van der Waals surface area contributed by atoms with Gasteiger partial charge in [0.05, 0.1) is 5.02 Å². The molecule has 0 fully saturated rings. The van der Waals surface area contributed by atoms with Crippen LogP contribution in [0.2, 0.25) is 5.02 Å². The fraction of sp³-hybridized carbons (Fsp3) is 0. The zero-order valence-electron chi connectivity index (χ0n) is 8.20. The van der Waals surface area contributed by atoms with E-state index in [-0.39, 0.29) is 5.56 Å². The standard InChI is InChI=1S/C12H7ClN2O/c13-7-5-10-8-3-1-2-4-9(8)12(16)15-11(10)14-6-7/h1-6H,(H,14,15,16). The SMILES string of the molecule is O=c1[nH]c2ncc(Cl)cc2c2ccccc12. The summed E-state index contributed by atoms with van der Waals surface area (Å²) in [6.07, 6.45) is 1.52. The van der Waals surface area contributed by atoms with Crippen LogP contribution in [0.4, 0.5) is 0 Å². The fourth-order valence-corrected chi connectivity index (χ4v) is 1.99. The van der Waals surface area contributed by atoms with E-state index in [9.17, 15) is 4.79 Å². The highest BCUT2D eigenvalue weighted by atomic mass is 35.5. The summed E-state index contributed by atoms with van der Waals surface area (Å²) >= 11 is 5.90. The molecule has 16 heavy (non-hydrogen) atoms. The normalized spacial score (nSPS) is 11.1. The molecule has 0 saturated carbocycles. The minimum atomic E-state index is -0.127. The molecule has 0 atom stereocenters. The molecule has 0 saturated heterocycles. The van der Waals surface area contributed by atoms with Gasteiger partial charge in [-0.2, -0.15) is 0 Å². The molecular weight excluding hydrogens is 224 g/mol. The summed E-state index contributed by atoms with van der Waals surface area (Å²) in [5.74, 6) is 0. The Morgan fingerprint density at radius 1 is 1.12 bits per heavy atom. The molecule has 0 aliphatic rings. The quantitative estimate of drug-likeness (QED) is 0.604. The monoisotopic (exact) mass is 230 g/mol. The second kappa shape index (κ2) is 3.32. The van der Waals surface area contributed by atoms with Gasteiger partial charge in [-0.3, -0.25) is 4.79 Å². The van der Waals surface area contributed by atoms with Gasteiger partial charge >= 0.3 is 0 Å². The minimum Gasteiger partial charge on any atom is -0.306 e. The number of nitrogens with zero attached hydrogens (tertiary/aromatic N) is 1. The van der Waals surface area contributed by atoms with Crippen LogP contribution in [-0.4, -0.2) is 9.97 Å². The Kier molecular flexibility index (Phi) is 1.94. The number of benzene rings is 1. The first-order chi connectivity index (χ1) is 7.75. The number of hydrogen-bond donors (Lipinski definition) is 1. The van der Waals surface area contributed by atoms with E-state index in [0.717, 1.165) is 10.8 Å². The van der Waals surface area contributed by atoms with Crippen molar-refractivity contribution in [3.63, 3.8) is 0 Å². The van der Waals surface area contributed by atoms with Crippen molar-refractivity contribution in [2.45, 2.75) is 0 Å². The molecule has 1 aromatic carbocycles. The average molecular weight is 231 g/mol. The van der Waals surface area contributed by atoms with Crippen molar-refractivity contribution in [1.82, 2.24) is 9.97 Å². The van der Waals surface area contributed by atoms with Crippen LogP contribution in [0, 0.1) is 0 Å². The van der Waals surface area contributed by atoms with Gasteiger partial charge in [0.25, 0.3) is 5.56 Å². The van der Waals surface area contributed by atoms with Crippen LogP contribution < -0.4 is 5.56 Å². The number of aromatic nitrogens is 2. The second-order valence-corrected chi connectivity index (χ2v) is 3.99. The van der Waals surface area contributed by atoms with Crippen molar-refractivity contribution in [3.8, 4) is 0 Å².